The number of H-pyrrole nitrogens is 1. The first-order valence-electron chi connectivity index (χ1n) is 7.67. The van der Waals surface area contributed by atoms with Gasteiger partial charge in [-0.3, -0.25) is 0 Å². The summed E-state index contributed by atoms with van der Waals surface area (Å²) in [5, 5.41) is 3.63. The summed E-state index contributed by atoms with van der Waals surface area (Å²) in [6.07, 6.45) is 8.45. The molecule has 0 aromatic carbocycles. The molecule has 1 aliphatic heterocycles. The topological polar surface area (TPSA) is 44.0 Å². The SMILES string of the molecule is CC1CCCC(N(C)CC2Cc3nc[nH]c3CN2)C1. The van der Waals surface area contributed by atoms with Gasteiger partial charge in [-0.15, -0.1) is 0 Å². The maximum atomic E-state index is 4.42. The van der Waals surface area contributed by atoms with Crippen molar-refractivity contribution in [1.29, 1.82) is 0 Å². The van der Waals surface area contributed by atoms with E-state index in [1.165, 1.54) is 37.1 Å². The molecule has 3 rings (SSSR count). The van der Waals surface area contributed by atoms with E-state index in [0.29, 0.717) is 6.04 Å². The van der Waals surface area contributed by atoms with Gasteiger partial charge < -0.3 is 15.2 Å². The van der Waals surface area contributed by atoms with E-state index < -0.39 is 0 Å². The molecule has 2 N–H and O–H groups in total. The van der Waals surface area contributed by atoms with E-state index in [4.69, 9.17) is 0 Å². The Balaban J connectivity index is 1.54. The van der Waals surface area contributed by atoms with Crippen LogP contribution in [0.15, 0.2) is 6.33 Å². The number of nitrogens with zero attached hydrogens (tertiary/aromatic N) is 2. The van der Waals surface area contributed by atoms with Crippen LogP contribution in [0, 0.1) is 5.92 Å². The molecule has 2 heterocycles. The van der Waals surface area contributed by atoms with Gasteiger partial charge in [-0.2, -0.15) is 0 Å². The Hall–Kier alpha value is -0.870. The first kappa shape index (κ1) is 13.1. The molecule has 1 fully saturated rings. The first-order chi connectivity index (χ1) is 9.22. The van der Waals surface area contributed by atoms with Crippen molar-refractivity contribution in [2.75, 3.05) is 13.6 Å². The highest BCUT2D eigenvalue weighted by Gasteiger charge is 2.26. The number of nitrogens with one attached hydrogen (secondary N) is 2. The zero-order valence-electron chi connectivity index (χ0n) is 12.2. The minimum Gasteiger partial charge on any atom is -0.347 e. The standard InChI is InChI=1S/C15H26N4/c1-11-4-3-5-13(6-11)19(2)9-12-7-14-15(8-16-12)18-10-17-14/h10-13,16H,3-9H2,1-2H3,(H,17,18). The summed E-state index contributed by atoms with van der Waals surface area (Å²) >= 11 is 0. The lowest BCUT2D eigenvalue weighted by Gasteiger charge is -2.37. The fourth-order valence-electron chi connectivity index (χ4n) is 3.66. The molecular formula is C15H26N4. The Morgan fingerprint density at radius 3 is 3.16 bits per heavy atom. The van der Waals surface area contributed by atoms with Gasteiger partial charge in [0.2, 0.25) is 0 Å². The molecular weight excluding hydrogens is 236 g/mol. The summed E-state index contributed by atoms with van der Waals surface area (Å²) in [4.78, 5) is 10.2. The maximum absolute atomic E-state index is 4.42. The van der Waals surface area contributed by atoms with Crippen LogP contribution < -0.4 is 5.32 Å². The van der Waals surface area contributed by atoms with E-state index in [9.17, 15) is 0 Å². The van der Waals surface area contributed by atoms with Crippen LogP contribution in [-0.4, -0.2) is 40.5 Å². The van der Waals surface area contributed by atoms with Crippen molar-refractivity contribution in [3.05, 3.63) is 17.7 Å². The molecule has 19 heavy (non-hydrogen) atoms. The second-order valence-electron chi connectivity index (χ2n) is 6.47. The second kappa shape index (κ2) is 5.63. The van der Waals surface area contributed by atoms with Crippen LogP contribution in [0.1, 0.15) is 44.0 Å². The van der Waals surface area contributed by atoms with Crippen LogP contribution in [0.2, 0.25) is 0 Å². The Kier molecular flexibility index (Phi) is 3.89. The third kappa shape index (κ3) is 3.00. The van der Waals surface area contributed by atoms with E-state index in [1.54, 1.807) is 0 Å². The smallest absolute Gasteiger partial charge is 0.0925 e. The molecule has 0 amide bonds. The summed E-state index contributed by atoms with van der Waals surface area (Å²) in [5.74, 6) is 0.901. The van der Waals surface area contributed by atoms with E-state index in [2.05, 4.69) is 34.2 Å². The van der Waals surface area contributed by atoms with Crippen LogP contribution in [0.4, 0.5) is 0 Å². The molecule has 3 unspecified atom stereocenters. The molecule has 0 saturated heterocycles. The first-order valence-corrected chi connectivity index (χ1v) is 7.67. The van der Waals surface area contributed by atoms with Crippen LogP contribution in [0.5, 0.6) is 0 Å². The Bertz CT molecular complexity index is 414. The van der Waals surface area contributed by atoms with Crippen molar-refractivity contribution >= 4 is 0 Å². The van der Waals surface area contributed by atoms with Crippen molar-refractivity contribution < 1.29 is 0 Å². The highest BCUT2D eigenvalue weighted by atomic mass is 15.2. The molecule has 4 heteroatoms. The predicted molar refractivity (Wildman–Crippen MR) is 77.0 cm³/mol. The van der Waals surface area contributed by atoms with Gasteiger partial charge in [-0.05, 0) is 25.8 Å². The van der Waals surface area contributed by atoms with Gasteiger partial charge in [0.1, 0.15) is 0 Å². The third-order valence-corrected chi connectivity index (χ3v) is 4.86. The number of likely N-dealkylation sites (N-methyl/N-ethyl adjacent to an activating group) is 1. The summed E-state index contributed by atoms with van der Waals surface area (Å²) in [6.45, 7) is 4.48. The van der Waals surface area contributed by atoms with E-state index in [0.717, 1.165) is 31.5 Å². The third-order valence-electron chi connectivity index (χ3n) is 4.86. The Labute approximate surface area is 116 Å². The largest absolute Gasteiger partial charge is 0.347 e. The molecule has 1 aromatic heterocycles. The average Bonchev–Trinajstić information content (AvgIpc) is 2.86. The maximum Gasteiger partial charge on any atom is 0.0925 e. The van der Waals surface area contributed by atoms with Crippen molar-refractivity contribution in [3.8, 4) is 0 Å². The van der Waals surface area contributed by atoms with Gasteiger partial charge in [0, 0.05) is 31.6 Å². The monoisotopic (exact) mass is 262 g/mol. The summed E-state index contributed by atoms with van der Waals surface area (Å²) < 4.78 is 0. The molecule has 0 bridgehead atoms. The Morgan fingerprint density at radius 2 is 2.32 bits per heavy atom. The average molecular weight is 262 g/mol. The normalized spacial score (nSPS) is 31.4. The number of hydrogen-bond acceptors (Lipinski definition) is 3. The zero-order valence-corrected chi connectivity index (χ0v) is 12.2. The molecule has 3 atom stereocenters. The number of hydrogen-bond donors (Lipinski definition) is 2. The van der Waals surface area contributed by atoms with Crippen LogP contribution in [-0.2, 0) is 13.0 Å². The minimum absolute atomic E-state index is 0.554. The summed E-state index contributed by atoms with van der Waals surface area (Å²) in [5.41, 5.74) is 2.53. The van der Waals surface area contributed by atoms with Crippen molar-refractivity contribution in [2.45, 2.75) is 57.7 Å². The summed E-state index contributed by atoms with van der Waals surface area (Å²) in [6, 6.07) is 1.34. The van der Waals surface area contributed by atoms with Gasteiger partial charge in [-0.25, -0.2) is 4.98 Å². The zero-order chi connectivity index (χ0) is 13.2. The van der Waals surface area contributed by atoms with Gasteiger partial charge in [0.15, 0.2) is 0 Å². The van der Waals surface area contributed by atoms with E-state index >= 15 is 0 Å². The fourth-order valence-corrected chi connectivity index (χ4v) is 3.66. The van der Waals surface area contributed by atoms with Crippen molar-refractivity contribution in [3.63, 3.8) is 0 Å². The highest BCUT2D eigenvalue weighted by molar-refractivity contribution is 5.16. The fraction of sp³-hybridized carbons (Fsp3) is 0.800. The van der Waals surface area contributed by atoms with Crippen molar-refractivity contribution in [1.82, 2.24) is 20.2 Å². The lowest BCUT2D eigenvalue weighted by atomic mass is 9.86. The number of fused-ring (bicyclic) bond motifs is 1. The second-order valence-corrected chi connectivity index (χ2v) is 6.47. The van der Waals surface area contributed by atoms with Gasteiger partial charge >= 0.3 is 0 Å². The predicted octanol–water partition coefficient (Wildman–Crippen LogP) is 1.93. The van der Waals surface area contributed by atoms with Gasteiger partial charge in [0.25, 0.3) is 0 Å². The molecule has 1 aliphatic carbocycles. The lowest BCUT2D eigenvalue weighted by Crippen LogP contribution is -2.47. The quantitative estimate of drug-likeness (QED) is 0.875. The van der Waals surface area contributed by atoms with Gasteiger partial charge in [0.05, 0.1) is 17.7 Å². The van der Waals surface area contributed by atoms with Crippen LogP contribution in [0.25, 0.3) is 0 Å². The lowest BCUT2D eigenvalue weighted by molar-refractivity contribution is 0.148. The number of rotatable bonds is 3. The number of aromatic amines is 1. The van der Waals surface area contributed by atoms with E-state index in [1.807, 2.05) is 6.33 Å². The summed E-state index contributed by atoms with van der Waals surface area (Å²) in [7, 11) is 2.30. The molecule has 1 aromatic rings. The molecule has 0 spiro atoms. The Morgan fingerprint density at radius 1 is 1.42 bits per heavy atom. The van der Waals surface area contributed by atoms with Crippen LogP contribution >= 0.6 is 0 Å². The minimum atomic E-state index is 0.554. The van der Waals surface area contributed by atoms with Crippen molar-refractivity contribution in [2.24, 2.45) is 5.92 Å². The molecule has 2 aliphatic rings. The molecule has 1 saturated carbocycles. The number of aromatic nitrogens is 2. The van der Waals surface area contributed by atoms with Crippen LogP contribution in [0.3, 0.4) is 0 Å². The highest BCUT2D eigenvalue weighted by Crippen LogP contribution is 2.27. The van der Waals surface area contributed by atoms with Gasteiger partial charge in [-0.1, -0.05) is 19.8 Å². The number of imidazole rings is 1. The molecule has 0 radical (unpaired) electrons. The molecule has 106 valence electrons. The molecule has 4 nitrogen and oxygen atoms in total. The van der Waals surface area contributed by atoms with E-state index in [-0.39, 0.29) is 0 Å².